The van der Waals surface area contributed by atoms with Gasteiger partial charge in [0.25, 0.3) is 0 Å². The van der Waals surface area contributed by atoms with E-state index < -0.39 is 0 Å². The summed E-state index contributed by atoms with van der Waals surface area (Å²) in [5.41, 5.74) is 3.47. The lowest BCUT2D eigenvalue weighted by atomic mass is 9.43. The standard InChI is InChI=1S/C19H26O2/c1-12-14-6-8-19(3)15-11-21-10-13(15)4-5-17(19)18(14,2)9-7-16(12)20/h10-12,14,17H,4-9H2,1-3H3. The third-order valence-corrected chi connectivity index (χ3v) is 7.47. The number of rotatable bonds is 0. The smallest absolute Gasteiger partial charge is 0.136 e. The highest BCUT2D eigenvalue weighted by molar-refractivity contribution is 5.82. The summed E-state index contributed by atoms with van der Waals surface area (Å²) in [4.78, 5) is 12.2. The van der Waals surface area contributed by atoms with Gasteiger partial charge in [0, 0.05) is 12.3 Å². The van der Waals surface area contributed by atoms with E-state index >= 15 is 0 Å². The molecule has 0 bridgehead atoms. The van der Waals surface area contributed by atoms with Gasteiger partial charge in [-0.2, -0.15) is 0 Å². The zero-order chi connectivity index (χ0) is 14.8. The SMILES string of the molecule is CC1C(=O)CCC2(C)C1CCC1(C)c3cocc3CCC12. The first-order valence-electron chi connectivity index (χ1n) is 8.55. The predicted molar refractivity (Wildman–Crippen MR) is 82.1 cm³/mol. The van der Waals surface area contributed by atoms with Crippen LogP contribution in [0, 0.1) is 23.2 Å². The van der Waals surface area contributed by atoms with Crippen LogP contribution >= 0.6 is 0 Å². The van der Waals surface area contributed by atoms with E-state index in [1.54, 1.807) is 0 Å². The van der Waals surface area contributed by atoms with Crippen LogP contribution in [0.1, 0.15) is 64.0 Å². The van der Waals surface area contributed by atoms with Crippen molar-refractivity contribution in [2.45, 2.75) is 64.7 Å². The second-order valence-electron chi connectivity index (χ2n) is 8.23. The lowest BCUT2D eigenvalue weighted by Gasteiger charge is -2.60. The average Bonchev–Trinajstić information content (AvgIpc) is 2.93. The number of furan rings is 1. The Kier molecular flexibility index (Phi) is 2.75. The van der Waals surface area contributed by atoms with Crippen LogP contribution < -0.4 is 0 Å². The van der Waals surface area contributed by atoms with Crippen LogP contribution in [0.5, 0.6) is 0 Å². The van der Waals surface area contributed by atoms with Crippen molar-refractivity contribution in [3.63, 3.8) is 0 Å². The molecular formula is C19H26O2. The number of carbonyl (C=O) groups excluding carboxylic acids is 1. The van der Waals surface area contributed by atoms with Gasteiger partial charge in [0.2, 0.25) is 0 Å². The second-order valence-corrected chi connectivity index (χ2v) is 8.23. The molecule has 0 amide bonds. The quantitative estimate of drug-likeness (QED) is 0.702. The Balaban J connectivity index is 1.78. The number of carbonyl (C=O) groups is 1. The Hall–Kier alpha value is -1.05. The number of Topliss-reactive ketones (excluding diaryl/α,β-unsaturated/α-hetero) is 1. The summed E-state index contributed by atoms with van der Waals surface area (Å²) >= 11 is 0. The minimum Gasteiger partial charge on any atom is -0.472 e. The molecule has 2 nitrogen and oxygen atoms in total. The van der Waals surface area contributed by atoms with Crippen molar-refractivity contribution < 1.29 is 9.21 Å². The fourth-order valence-electron chi connectivity index (χ4n) is 6.26. The molecule has 0 spiro atoms. The van der Waals surface area contributed by atoms with E-state index in [4.69, 9.17) is 4.42 Å². The van der Waals surface area contributed by atoms with Gasteiger partial charge in [0.15, 0.2) is 0 Å². The second kappa shape index (κ2) is 4.24. The summed E-state index contributed by atoms with van der Waals surface area (Å²) in [5, 5.41) is 0. The Morgan fingerprint density at radius 3 is 2.76 bits per heavy atom. The van der Waals surface area contributed by atoms with Crippen molar-refractivity contribution in [1.29, 1.82) is 0 Å². The number of fused-ring (bicyclic) bond motifs is 5. The zero-order valence-electron chi connectivity index (χ0n) is 13.4. The Morgan fingerprint density at radius 1 is 1.14 bits per heavy atom. The zero-order valence-corrected chi connectivity index (χ0v) is 13.4. The largest absolute Gasteiger partial charge is 0.472 e. The average molecular weight is 286 g/mol. The van der Waals surface area contributed by atoms with E-state index in [-0.39, 0.29) is 11.3 Å². The highest BCUT2D eigenvalue weighted by atomic mass is 16.3. The van der Waals surface area contributed by atoms with Gasteiger partial charge >= 0.3 is 0 Å². The van der Waals surface area contributed by atoms with Crippen molar-refractivity contribution in [2.24, 2.45) is 23.2 Å². The van der Waals surface area contributed by atoms with Crippen LogP contribution in [-0.4, -0.2) is 5.78 Å². The molecule has 0 aliphatic heterocycles. The van der Waals surface area contributed by atoms with E-state index in [1.807, 2.05) is 12.5 Å². The molecule has 1 aromatic rings. The molecule has 1 aromatic heterocycles. The number of aryl methyl sites for hydroxylation is 1. The molecule has 0 saturated heterocycles. The Bertz CT molecular complexity index is 586. The van der Waals surface area contributed by atoms with Gasteiger partial charge in [-0.05, 0) is 65.9 Å². The van der Waals surface area contributed by atoms with Crippen molar-refractivity contribution in [1.82, 2.24) is 0 Å². The van der Waals surface area contributed by atoms with Crippen LogP contribution in [0.2, 0.25) is 0 Å². The molecule has 4 rings (SSSR count). The van der Waals surface area contributed by atoms with Crippen molar-refractivity contribution in [3.8, 4) is 0 Å². The number of hydrogen-bond acceptors (Lipinski definition) is 2. The molecule has 5 unspecified atom stereocenters. The third-order valence-electron chi connectivity index (χ3n) is 7.47. The van der Waals surface area contributed by atoms with Crippen molar-refractivity contribution in [2.75, 3.05) is 0 Å². The summed E-state index contributed by atoms with van der Waals surface area (Å²) in [6.07, 6.45) is 10.7. The molecule has 2 saturated carbocycles. The van der Waals surface area contributed by atoms with Crippen molar-refractivity contribution >= 4 is 5.78 Å². The maximum absolute atomic E-state index is 12.2. The van der Waals surface area contributed by atoms with Crippen LogP contribution in [0.4, 0.5) is 0 Å². The van der Waals surface area contributed by atoms with Gasteiger partial charge in [0.1, 0.15) is 5.78 Å². The van der Waals surface area contributed by atoms with Crippen LogP contribution in [-0.2, 0) is 16.6 Å². The first kappa shape index (κ1) is 13.6. The summed E-state index contributed by atoms with van der Waals surface area (Å²) in [6, 6.07) is 0. The van der Waals surface area contributed by atoms with E-state index in [0.717, 1.165) is 19.3 Å². The fourth-order valence-corrected chi connectivity index (χ4v) is 6.26. The maximum atomic E-state index is 12.2. The van der Waals surface area contributed by atoms with E-state index in [0.29, 0.717) is 23.0 Å². The molecular weight excluding hydrogens is 260 g/mol. The molecule has 1 heterocycles. The molecule has 2 fully saturated rings. The minimum absolute atomic E-state index is 0.256. The highest BCUT2D eigenvalue weighted by Gasteiger charge is 2.58. The predicted octanol–water partition coefficient (Wildman–Crippen LogP) is 4.52. The van der Waals surface area contributed by atoms with Gasteiger partial charge in [-0.15, -0.1) is 0 Å². The first-order valence-corrected chi connectivity index (χ1v) is 8.55. The molecule has 0 N–H and O–H groups in total. The highest BCUT2D eigenvalue weighted by Crippen LogP contribution is 2.63. The minimum atomic E-state index is 0.256. The molecule has 114 valence electrons. The molecule has 0 radical (unpaired) electrons. The van der Waals surface area contributed by atoms with Gasteiger partial charge in [-0.3, -0.25) is 4.79 Å². The topological polar surface area (TPSA) is 30.2 Å². The summed E-state index contributed by atoms with van der Waals surface area (Å²) in [7, 11) is 0. The van der Waals surface area contributed by atoms with Gasteiger partial charge < -0.3 is 4.42 Å². The van der Waals surface area contributed by atoms with Gasteiger partial charge in [0.05, 0.1) is 12.5 Å². The number of ketones is 1. The van der Waals surface area contributed by atoms with E-state index in [9.17, 15) is 4.79 Å². The fraction of sp³-hybridized carbons (Fsp3) is 0.737. The van der Waals surface area contributed by atoms with Crippen LogP contribution in [0.15, 0.2) is 16.9 Å². The van der Waals surface area contributed by atoms with Crippen molar-refractivity contribution in [3.05, 3.63) is 23.7 Å². The molecule has 3 aliphatic carbocycles. The Labute approximate surface area is 127 Å². The van der Waals surface area contributed by atoms with E-state index in [1.165, 1.54) is 30.4 Å². The molecule has 2 heteroatoms. The lowest BCUT2D eigenvalue weighted by molar-refractivity contribution is -0.140. The normalized spacial score (nSPS) is 45.7. The third kappa shape index (κ3) is 1.62. The number of hydrogen-bond donors (Lipinski definition) is 0. The summed E-state index contributed by atoms with van der Waals surface area (Å²) in [5.74, 6) is 2.05. The first-order chi connectivity index (χ1) is 9.97. The van der Waals surface area contributed by atoms with Gasteiger partial charge in [-0.25, -0.2) is 0 Å². The monoisotopic (exact) mass is 286 g/mol. The van der Waals surface area contributed by atoms with Gasteiger partial charge in [-0.1, -0.05) is 20.8 Å². The van der Waals surface area contributed by atoms with Crippen LogP contribution in [0.3, 0.4) is 0 Å². The Morgan fingerprint density at radius 2 is 1.95 bits per heavy atom. The molecule has 5 atom stereocenters. The summed E-state index contributed by atoms with van der Waals surface area (Å²) in [6.45, 7) is 7.11. The van der Waals surface area contributed by atoms with Crippen LogP contribution in [0.25, 0.3) is 0 Å². The van der Waals surface area contributed by atoms with E-state index in [2.05, 4.69) is 20.8 Å². The molecule has 0 aromatic carbocycles. The summed E-state index contributed by atoms with van der Waals surface area (Å²) < 4.78 is 5.53. The lowest BCUT2D eigenvalue weighted by Crippen LogP contribution is -2.56. The molecule has 3 aliphatic rings. The maximum Gasteiger partial charge on any atom is 0.136 e. The molecule has 21 heavy (non-hydrogen) atoms.